The molecule has 0 saturated heterocycles. The van der Waals surface area contributed by atoms with Gasteiger partial charge in [-0.05, 0) is 36.3 Å². The fourth-order valence-corrected chi connectivity index (χ4v) is 3.38. The summed E-state index contributed by atoms with van der Waals surface area (Å²) in [7, 11) is 0. The number of carboxylic acid groups (broad SMARTS) is 1. The summed E-state index contributed by atoms with van der Waals surface area (Å²) in [5.41, 5.74) is 6.77. The summed E-state index contributed by atoms with van der Waals surface area (Å²) in [6, 6.07) is 7.28. The van der Waals surface area contributed by atoms with Gasteiger partial charge in [-0.3, -0.25) is 24.5 Å². The molecule has 1 aromatic carbocycles. The number of imide groups is 1. The first-order valence-electron chi connectivity index (χ1n) is 8.99. The summed E-state index contributed by atoms with van der Waals surface area (Å²) in [4.78, 5) is 47.9. The van der Waals surface area contributed by atoms with E-state index < -0.39 is 42.2 Å². The predicted octanol–water partition coefficient (Wildman–Crippen LogP) is 0.473. The SMILES string of the molecule is CSCC[C@H](N)C(=O)N[C@@H](CC(=O)O)C(=O)NC(=O)C1CC1c1ccccc1. The van der Waals surface area contributed by atoms with Crippen LogP contribution in [-0.4, -0.2) is 52.9 Å². The number of hydrogen-bond acceptors (Lipinski definition) is 6. The molecule has 0 aliphatic heterocycles. The molecule has 1 aliphatic carbocycles. The molecule has 0 heterocycles. The van der Waals surface area contributed by atoms with Gasteiger partial charge in [0, 0.05) is 5.92 Å². The van der Waals surface area contributed by atoms with Crippen molar-refractivity contribution in [3.8, 4) is 0 Å². The molecule has 1 fully saturated rings. The van der Waals surface area contributed by atoms with Gasteiger partial charge in [0.25, 0.3) is 0 Å². The van der Waals surface area contributed by atoms with E-state index in [-0.39, 0.29) is 11.8 Å². The molecule has 0 aromatic heterocycles. The Hall–Kier alpha value is -2.39. The van der Waals surface area contributed by atoms with Crippen LogP contribution in [-0.2, 0) is 19.2 Å². The Bertz CT molecular complexity index is 728. The molecule has 2 unspecified atom stereocenters. The van der Waals surface area contributed by atoms with Gasteiger partial charge in [-0.2, -0.15) is 11.8 Å². The number of carbonyl (C=O) groups excluding carboxylic acids is 3. The number of benzene rings is 1. The van der Waals surface area contributed by atoms with E-state index in [1.807, 2.05) is 36.6 Å². The van der Waals surface area contributed by atoms with Crippen LogP contribution in [0.5, 0.6) is 0 Å². The van der Waals surface area contributed by atoms with Crippen LogP contribution in [0, 0.1) is 5.92 Å². The van der Waals surface area contributed by atoms with Gasteiger partial charge in [0.15, 0.2) is 0 Å². The second-order valence-corrected chi connectivity index (χ2v) is 7.75. The van der Waals surface area contributed by atoms with Gasteiger partial charge in [-0.25, -0.2) is 0 Å². The molecule has 4 atom stereocenters. The lowest BCUT2D eigenvalue weighted by Gasteiger charge is -2.19. The van der Waals surface area contributed by atoms with Gasteiger partial charge < -0.3 is 16.2 Å². The minimum absolute atomic E-state index is 0.0430. The molecule has 8 nitrogen and oxygen atoms in total. The Kier molecular flexibility index (Phi) is 8.01. The van der Waals surface area contributed by atoms with Crippen molar-refractivity contribution in [1.82, 2.24) is 10.6 Å². The summed E-state index contributed by atoms with van der Waals surface area (Å²) in [5.74, 6) is -2.81. The van der Waals surface area contributed by atoms with E-state index in [9.17, 15) is 19.2 Å². The minimum atomic E-state index is -1.36. The number of amides is 3. The van der Waals surface area contributed by atoms with Crippen molar-refractivity contribution in [3.05, 3.63) is 35.9 Å². The van der Waals surface area contributed by atoms with Gasteiger partial charge in [0.2, 0.25) is 17.7 Å². The maximum Gasteiger partial charge on any atom is 0.305 e. The number of carbonyl (C=O) groups is 4. The Balaban J connectivity index is 1.92. The maximum absolute atomic E-state index is 12.4. The first-order valence-corrected chi connectivity index (χ1v) is 10.4. The van der Waals surface area contributed by atoms with Gasteiger partial charge in [-0.1, -0.05) is 30.3 Å². The van der Waals surface area contributed by atoms with Gasteiger partial charge in [0.05, 0.1) is 12.5 Å². The normalized spacial score (nSPS) is 19.9. The lowest BCUT2D eigenvalue weighted by molar-refractivity contribution is -0.142. The van der Waals surface area contributed by atoms with Gasteiger partial charge >= 0.3 is 5.97 Å². The predicted molar refractivity (Wildman–Crippen MR) is 106 cm³/mol. The zero-order chi connectivity index (χ0) is 20.7. The average Bonchev–Trinajstić information content (AvgIpc) is 3.46. The molecule has 152 valence electrons. The molecule has 1 aliphatic rings. The molecule has 28 heavy (non-hydrogen) atoms. The highest BCUT2D eigenvalue weighted by Gasteiger charge is 2.44. The van der Waals surface area contributed by atoms with Crippen LogP contribution in [0.25, 0.3) is 0 Å². The van der Waals surface area contributed by atoms with Crippen molar-refractivity contribution in [2.24, 2.45) is 11.7 Å². The first kappa shape index (κ1) is 21.9. The number of aliphatic carboxylic acids is 1. The monoisotopic (exact) mass is 407 g/mol. The van der Waals surface area contributed by atoms with Crippen LogP contribution in [0.3, 0.4) is 0 Å². The summed E-state index contributed by atoms with van der Waals surface area (Å²) >= 11 is 1.52. The van der Waals surface area contributed by atoms with Crippen LogP contribution >= 0.6 is 11.8 Å². The van der Waals surface area contributed by atoms with Crippen molar-refractivity contribution in [3.63, 3.8) is 0 Å². The lowest BCUT2D eigenvalue weighted by Crippen LogP contribution is -2.53. The standard InChI is InChI=1S/C19H25N3O5S/c1-28-8-7-14(20)18(26)21-15(10-16(23)24)19(27)22-17(25)13-9-12(13)11-5-3-2-4-6-11/h2-6,12-15H,7-10,20H2,1H3,(H,21,26)(H,23,24)(H,22,25,27)/t12?,13?,14-,15-/m0/s1. The highest BCUT2D eigenvalue weighted by atomic mass is 32.2. The zero-order valence-corrected chi connectivity index (χ0v) is 16.4. The third kappa shape index (κ3) is 6.35. The van der Waals surface area contributed by atoms with Crippen LogP contribution < -0.4 is 16.4 Å². The van der Waals surface area contributed by atoms with E-state index in [0.717, 1.165) is 5.56 Å². The van der Waals surface area contributed by atoms with E-state index in [4.69, 9.17) is 10.8 Å². The van der Waals surface area contributed by atoms with E-state index >= 15 is 0 Å². The van der Waals surface area contributed by atoms with Gasteiger partial charge in [-0.15, -0.1) is 0 Å². The maximum atomic E-state index is 12.4. The van der Waals surface area contributed by atoms with E-state index in [1.54, 1.807) is 0 Å². The second kappa shape index (κ2) is 10.2. The summed E-state index contributed by atoms with van der Waals surface area (Å²) in [5, 5.41) is 13.6. The third-order valence-corrected chi connectivity index (χ3v) is 5.23. The topological polar surface area (TPSA) is 139 Å². The van der Waals surface area contributed by atoms with Crippen molar-refractivity contribution in [2.45, 2.75) is 37.3 Å². The fraction of sp³-hybridized carbons (Fsp3) is 0.474. The van der Waals surface area contributed by atoms with Gasteiger partial charge in [0.1, 0.15) is 6.04 Å². The highest BCUT2D eigenvalue weighted by molar-refractivity contribution is 7.98. The quantitative estimate of drug-likeness (QED) is 0.442. The third-order valence-electron chi connectivity index (χ3n) is 4.58. The van der Waals surface area contributed by atoms with Crippen molar-refractivity contribution >= 4 is 35.5 Å². The second-order valence-electron chi connectivity index (χ2n) is 6.76. The molecule has 0 spiro atoms. The fourth-order valence-electron chi connectivity index (χ4n) is 2.89. The molecule has 1 aromatic rings. The molecular weight excluding hydrogens is 382 g/mol. The van der Waals surface area contributed by atoms with Crippen LogP contribution in [0.15, 0.2) is 30.3 Å². The van der Waals surface area contributed by atoms with Crippen LogP contribution in [0.2, 0.25) is 0 Å². The lowest BCUT2D eigenvalue weighted by atomic mass is 10.1. The molecule has 0 bridgehead atoms. The summed E-state index contributed by atoms with van der Waals surface area (Å²) in [6.45, 7) is 0. The highest BCUT2D eigenvalue weighted by Crippen LogP contribution is 2.47. The van der Waals surface area contributed by atoms with E-state index in [2.05, 4.69) is 10.6 Å². The number of carboxylic acids is 1. The Labute approximate surface area is 167 Å². The molecule has 5 N–H and O–H groups in total. The van der Waals surface area contributed by atoms with E-state index in [1.165, 1.54) is 11.8 Å². The molecule has 2 rings (SSSR count). The minimum Gasteiger partial charge on any atom is -0.481 e. The van der Waals surface area contributed by atoms with E-state index in [0.29, 0.717) is 18.6 Å². The van der Waals surface area contributed by atoms with Crippen molar-refractivity contribution < 1.29 is 24.3 Å². The molecule has 9 heteroatoms. The molecule has 0 radical (unpaired) electrons. The number of nitrogens with one attached hydrogen (secondary N) is 2. The molecular formula is C19H25N3O5S. The Morgan fingerprint density at radius 3 is 2.50 bits per heavy atom. The Morgan fingerprint density at radius 2 is 1.89 bits per heavy atom. The number of hydrogen-bond donors (Lipinski definition) is 4. The van der Waals surface area contributed by atoms with Crippen LogP contribution in [0.1, 0.15) is 30.7 Å². The smallest absolute Gasteiger partial charge is 0.305 e. The van der Waals surface area contributed by atoms with Crippen molar-refractivity contribution in [2.75, 3.05) is 12.0 Å². The summed E-state index contributed by atoms with van der Waals surface area (Å²) in [6.07, 6.45) is 2.26. The largest absolute Gasteiger partial charge is 0.481 e. The average molecular weight is 407 g/mol. The number of rotatable bonds is 10. The number of thioether (sulfide) groups is 1. The Morgan fingerprint density at radius 1 is 1.21 bits per heavy atom. The summed E-state index contributed by atoms with van der Waals surface area (Å²) < 4.78 is 0. The number of nitrogens with two attached hydrogens (primary N) is 1. The zero-order valence-electron chi connectivity index (χ0n) is 15.6. The molecule has 1 saturated carbocycles. The van der Waals surface area contributed by atoms with Crippen LogP contribution in [0.4, 0.5) is 0 Å². The first-order chi connectivity index (χ1) is 13.3. The van der Waals surface area contributed by atoms with Crippen molar-refractivity contribution in [1.29, 1.82) is 0 Å². The molecule has 3 amide bonds.